The molecule has 0 aliphatic heterocycles. The van der Waals surface area contributed by atoms with Gasteiger partial charge in [-0.25, -0.2) is 4.79 Å². The number of benzene rings is 1. The molecule has 0 saturated carbocycles. The average Bonchev–Trinajstić information content (AvgIpc) is 2.81. The molecule has 0 bridgehead atoms. The molecule has 0 aliphatic carbocycles. The van der Waals surface area contributed by atoms with Gasteiger partial charge < -0.3 is 42.7 Å². The number of carboxylic acid groups (broad SMARTS) is 2. The molecule has 38 heavy (non-hydrogen) atoms. The maximum atomic E-state index is 13.2. The normalized spacial score (nSPS) is 14.0. The number of amides is 4. The lowest BCUT2D eigenvalue weighted by Crippen LogP contribution is -2.58. The molecule has 0 spiro atoms. The third-order valence-electron chi connectivity index (χ3n) is 5.38. The highest BCUT2D eigenvalue weighted by Gasteiger charge is 2.31. The number of carbonyl (C=O) groups excluding carboxylic acids is 4. The second-order valence-electron chi connectivity index (χ2n) is 9.23. The summed E-state index contributed by atoms with van der Waals surface area (Å²) in [4.78, 5) is 72.5. The van der Waals surface area contributed by atoms with Crippen molar-refractivity contribution in [3.63, 3.8) is 0 Å². The fourth-order valence-electron chi connectivity index (χ4n) is 3.41. The van der Waals surface area contributed by atoms with E-state index in [0.717, 1.165) is 0 Å². The summed E-state index contributed by atoms with van der Waals surface area (Å²) in [5.74, 6) is -6.24. The lowest BCUT2D eigenvalue weighted by molar-refractivity contribution is -0.143. The van der Waals surface area contributed by atoms with Crippen molar-refractivity contribution in [1.29, 1.82) is 0 Å². The molecule has 1 aromatic rings. The lowest BCUT2D eigenvalue weighted by atomic mass is 10.0. The summed E-state index contributed by atoms with van der Waals surface area (Å²) < 4.78 is 0. The number of hydrogen-bond donors (Lipinski definition) is 8. The van der Waals surface area contributed by atoms with Crippen LogP contribution >= 0.6 is 0 Å². The van der Waals surface area contributed by atoms with Gasteiger partial charge in [-0.05, 0) is 36.5 Å². The van der Waals surface area contributed by atoms with Crippen molar-refractivity contribution in [3.05, 3.63) is 29.8 Å². The highest BCUT2D eigenvalue weighted by atomic mass is 16.4. The first-order valence-electron chi connectivity index (χ1n) is 11.9. The number of hydrogen-bond acceptors (Lipinski definition) is 8. The maximum absolute atomic E-state index is 13.2. The fourth-order valence-corrected chi connectivity index (χ4v) is 3.41. The summed E-state index contributed by atoms with van der Waals surface area (Å²) in [5.41, 5.74) is 11.5. The molecule has 4 atom stereocenters. The maximum Gasteiger partial charge on any atom is 0.326 e. The summed E-state index contributed by atoms with van der Waals surface area (Å²) in [6.45, 7) is 3.51. The minimum Gasteiger partial charge on any atom is -0.508 e. The first-order chi connectivity index (χ1) is 17.7. The van der Waals surface area contributed by atoms with Gasteiger partial charge in [-0.1, -0.05) is 26.0 Å². The van der Waals surface area contributed by atoms with Crippen LogP contribution in [0.5, 0.6) is 5.75 Å². The number of rotatable bonds is 16. The van der Waals surface area contributed by atoms with Gasteiger partial charge in [-0.15, -0.1) is 0 Å². The van der Waals surface area contributed by atoms with Crippen molar-refractivity contribution < 1.29 is 44.1 Å². The standard InChI is InChI=1S/C24H35N5O9/c1-12(2)9-18(24(37)38)29-23(36)17(11-19(26)31)28-22(35)16(10-13-3-5-14(30)6-4-13)27-21(34)15(25)7-8-20(32)33/h3-6,12,15-18,30H,7-11,25H2,1-2H3,(H2,26,31)(H,27,34)(H,28,35)(H,29,36)(H,32,33)(H,37,38). The Morgan fingerprint density at radius 3 is 1.87 bits per heavy atom. The molecule has 0 saturated heterocycles. The predicted octanol–water partition coefficient (Wildman–Crippen LogP) is -1.41. The molecule has 14 heteroatoms. The SMILES string of the molecule is CC(C)CC(NC(=O)C(CC(N)=O)NC(=O)C(Cc1ccc(O)cc1)NC(=O)C(N)CCC(=O)O)C(=O)O. The first kappa shape index (κ1) is 31.8. The molecule has 0 radical (unpaired) electrons. The Balaban J connectivity index is 3.14. The van der Waals surface area contributed by atoms with Crippen LogP contribution in [0.2, 0.25) is 0 Å². The third-order valence-corrected chi connectivity index (χ3v) is 5.38. The Morgan fingerprint density at radius 1 is 0.842 bits per heavy atom. The number of primary amides is 1. The number of carbonyl (C=O) groups is 6. The van der Waals surface area contributed by atoms with Crippen LogP contribution in [0.3, 0.4) is 0 Å². The summed E-state index contributed by atoms with van der Waals surface area (Å²) in [6.07, 6.45) is -1.27. The Hall–Kier alpha value is -4.20. The molecule has 1 rings (SSSR count). The van der Waals surface area contributed by atoms with Gasteiger partial charge in [0.25, 0.3) is 0 Å². The number of phenols is 1. The minimum absolute atomic E-state index is 0.0398. The van der Waals surface area contributed by atoms with E-state index in [9.17, 15) is 39.0 Å². The molecule has 0 fully saturated rings. The van der Waals surface area contributed by atoms with E-state index in [1.54, 1.807) is 13.8 Å². The largest absolute Gasteiger partial charge is 0.508 e. The quantitative estimate of drug-likeness (QED) is 0.122. The third kappa shape index (κ3) is 11.7. The zero-order chi connectivity index (χ0) is 29.0. The number of carboxylic acids is 2. The van der Waals surface area contributed by atoms with Gasteiger partial charge >= 0.3 is 11.9 Å². The Kier molecular flexibility index (Phi) is 12.7. The van der Waals surface area contributed by atoms with Crippen molar-refractivity contribution >= 4 is 35.6 Å². The van der Waals surface area contributed by atoms with Crippen LogP contribution in [0.15, 0.2) is 24.3 Å². The summed E-state index contributed by atoms with van der Waals surface area (Å²) in [5, 5.41) is 34.8. The van der Waals surface area contributed by atoms with Gasteiger partial charge in [0.05, 0.1) is 12.5 Å². The van der Waals surface area contributed by atoms with E-state index in [4.69, 9.17) is 16.6 Å². The van der Waals surface area contributed by atoms with Crippen LogP contribution in [0.25, 0.3) is 0 Å². The zero-order valence-electron chi connectivity index (χ0n) is 21.2. The highest BCUT2D eigenvalue weighted by molar-refractivity contribution is 5.96. The summed E-state index contributed by atoms with van der Waals surface area (Å²) in [6, 6.07) is 0.272. The van der Waals surface area contributed by atoms with E-state index in [2.05, 4.69) is 16.0 Å². The van der Waals surface area contributed by atoms with Crippen molar-refractivity contribution in [3.8, 4) is 5.75 Å². The Morgan fingerprint density at radius 2 is 1.37 bits per heavy atom. The lowest BCUT2D eigenvalue weighted by Gasteiger charge is -2.25. The van der Waals surface area contributed by atoms with Crippen LogP contribution in [0, 0.1) is 5.92 Å². The topological polar surface area (TPSA) is 251 Å². The zero-order valence-corrected chi connectivity index (χ0v) is 21.2. The summed E-state index contributed by atoms with van der Waals surface area (Å²) >= 11 is 0. The Labute approximate surface area is 219 Å². The van der Waals surface area contributed by atoms with Gasteiger partial charge in [0.2, 0.25) is 23.6 Å². The van der Waals surface area contributed by atoms with Gasteiger partial charge in [-0.3, -0.25) is 24.0 Å². The molecular formula is C24H35N5O9. The molecule has 0 aliphatic rings. The van der Waals surface area contributed by atoms with Crippen LogP contribution in [-0.4, -0.2) is 75.1 Å². The molecule has 14 nitrogen and oxygen atoms in total. The second-order valence-corrected chi connectivity index (χ2v) is 9.23. The van der Waals surface area contributed by atoms with Crippen molar-refractivity contribution in [2.45, 2.75) is 70.1 Å². The molecule has 10 N–H and O–H groups in total. The molecule has 0 heterocycles. The Bertz CT molecular complexity index is 1010. The number of aromatic hydroxyl groups is 1. The van der Waals surface area contributed by atoms with E-state index >= 15 is 0 Å². The molecule has 4 amide bonds. The predicted molar refractivity (Wildman–Crippen MR) is 133 cm³/mol. The molecule has 210 valence electrons. The van der Waals surface area contributed by atoms with Gasteiger partial charge in [0.1, 0.15) is 23.9 Å². The van der Waals surface area contributed by atoms with E-state index in [1.807, 2.05) is 0 Å². The van der Waals surface area contributed by atoms with Crippen LogP contribution in [0.1, 0.15) is 45.1 Å². The van der Waals surface area contributed by atoms with Crippen LogP contribution < -0.4 is 27.4 Å². The number of nitrogens with two attached hydrogens (primary N) is 2. The fraction of sp³-hybridized carbons (Fsp3) is 0.500. The molecule has 0 aromatic heterocycles. The van der Waals surface area contributed by atoms with Gasteiger partial charge in [0, 0.05) is 12.8 Å². The first-order valence-corrected chi connectivity index (χ1v) is 11.9. The van der Waals surface area contributed by atoms with E-state index in [-0.39, 0.29) is 37.4 Å². The summed E-state index contributed by atoms with van der Waals surface area (Å²) in [7, 11) is 0. The van der Waals surface area contributed by atoms with Crippen LogP contribution in [0.4, 0.5) is 0 Å². The average molecular weight is 538 g/mol. The molecule has 4 unspecified atom stereocenters. The monoisotopic (exact) mass is 537 g/mol. The van der Waals surface area contributed by atoms with E-state index in [0.29, 0.717) is 5.56 Å². The molecular weight excluding hydrogens is 502 g/mol. The van der Waals surface area contributed by atoms with E-state index < -0.39 is 66.2 Å². The van der Waals surface area contributed by atoms with Crippen molar-refractivity contribution in [2.75, 3.05) is 0 Å². The number of phenolic OH excluding ortho intramolecular Hbond substituents is 1. The van der Waals surface area contributed by atoms with Crippen molar-refractivity contribution in [2.24, 2.45) is 17.4 Å². The van der Waals surface area contributed by atoms with E-state index in [1.165, 1.54) is 24.3 Å². The highest BCUT2D eigenvalue weighted by Crippen LogP contribution is 2.12. The van der Waals surface area contributed by atoms with Gasteiger partial charge in [0.15, 0.2) is 0 Å². The number of nitrogens with one attached hydrogen (secondary N) is 3. The second kappa shape index (κ2) is 15.1. The molecule has 1 aromatic carbocycles. The van der Waals surface area contributed by atoms with Gasteiger partial charge in [-0.2, -0.15) is 0 Å². The number of aliphatic carboxylic acids is 2. The van der Waals surface area contributed by atoms with Crippen molar-refractivity contribution in [1.82, 2.24) is 16.0 Å². The smallest absolute Gasteiger partial charge is 0.326 e. The van der Waals surface area contributed by atoms with Crippen LogP contribution in [-0.2, 0) is 35.2 Å². The minimum atomic E-state index is -1.55.